The van der Waals surface area contributed by atoms with Gasteiger partial charge < -0.3 is 9.15 Å². The second kappa shape index (κ2) is 6.46. The summed E-state index contributed by atoms with van der Waals surface area (Å²) in [5, 5.41) is 2.73. The lowest BCUT2D eigenvalue weighted by molar-refractivity contribution is -0.138. The van der Waals surface area contributed by atoms with Crippen molar-refractivity contribution in [3.05, 3.63) is 78.1 Å². The molecule has 3 nitrogen and oxygen atoms in total. The van der Waals surface area contributed by atoms with E-state index in [-0.39, 0.29) is 12.2 Å². The number of carbonyl (C=O) groups excluding carboxylic acids is 1. The van der Waals surface area contributed by atoms with Crippen molar-refractivity contribution in [3.63, 3.8) is 0 Å². The highest BCUT2D eigenvalue weighted by Crippen LogP contribution is 2.32. The summed E-state index contributed by atoms with van der Waals surface area (Å²) in [7, 11) is 0. The summed E-state index contributed by atoms with van der Waals surface area (Å²) in [6, 6.07) is 15.7. The van der Waals surface area contributed by atoms with E-state index in [9.17, 15) is 18.0 Å². The number of ether oxygens (including phenoxy) is 1. The van der Waals surface area contributed by atoms with Gasteiger partial charge in [-0.2, -0.15) is 13.2 Å². The zero-order valence-corrected chi connectivity index (χ0v) is 13.9. The van der Waals surface area contributed by atoms with Crippen molar-refractivity contribution < 1.29 is 27.1 Å². The molecule has 0 aliphatic heterocycles. The predicted octanol–water partition coefficient (Wildman–Crippen LogP) is 5.75. The van der Waals surface area contributed by atoms with Gasteiger partial charge in [0.1, 0.15) is 11.3 Å². The molecule has 4 aromatic rings. The van der Waals surface area contributed by atoms with Gasteiger partial charge in [-0.05, 0) is 35.0 Å². The molecule has 0 unspecified atom stereocenters. The third kappa shape index (κ3) is 3.38. The van der Waals surface area contributed by atoms with E-state index in [1.165, 1.54) is 18.4 Å². The van der Waals surface area contributed by atoms with Crippen LogP contribution >= 0.6 is 0 Å². The second-order valence-electron chi connectivity index (χ2n) is 6.10. The maximum absolute atomic E-state index is 12.8. The molecule has 0 radical (unpaired) electrons. The summed E-state index contributed by atoms with van der Waals surface area (Å²) in [6.45, 7) is 0. The van der Waals surface area contributed by atoms with Gasteiger partial charge in [-0.1, -0.05) is 36.4 Å². The highest BCUT2D eigenvalue weighted by atomic mass is 19.4. The Kier molecular flexibility index (Phi) is 4.11. The first kappa shape index (κ1) is 17.1. The van der Waals surface area contributed by atoms with Crippen LogP contribution in [0.1, 0.15) is 11.1 Å². The number of fused-ring (bicyclic) bond motifs is 3. The van der Waals surface area contributed by atoms with Crippen molar-refractivity contribution in [2.45, 2.75) is 12.6 Å². The zero-order chi connectivity index (χ0) is 19.0. The normalized spacial score (nSPS) is 11.8. The van der Waals surface area contributed by atoms with Crippen LogP contribution in [-0.2, 0) is 17.4 Å². The third-order valence-electron chi connectivity index (χ3n) is 4.27. The molecule has 0 N–H and O–H groups in total. The van der Waals surface area contributed by atoms with Crippen molar-refractivity contribution in [1.82, 2.24) is 0 Å². The molecule has 0 spiro atoms. The lowest BCUT2D eigenvalue weighted by Crippen LogP contribution is -2.12. The lowest BCUT2D eigenvalue weighted by atomic mass is 10.0. The quantitative estimate of drug-likeness (QED) is 0.340. The molecule has 136 valence electrons. The van der Waals surface area contributed by atoms with Crippen LogP contribution in [0.25, 0.3) is 21.7 Å². The molecule has 0 amide bonds. The molecule has 6 heteroatoms. The molecule has 0 aliphatic rings. The smallest absolute Gasteiger partial charge is 0.416 e. The summed E-state index contributed by atoms with van der Waals surface area (Å²) in [5.74, 6) is -0.808. The summed E-state index contributed by atoms with van der Waals surface area (Å²) in [4.78, 5) is 12.3. The fraction of sp³-hybridized carbons (Fsp3) is 0.0952. The van der Waals surface area contributed by atoms with E-state index >= 15 is 0 Å². The Hall–Kier alpha value is -3.28. The minimum Gasteiger partial charge on any atom is -0.464 e. The number of esters is 1. The van der Waals surface area contributed by atoms with Crippen LogP contribution in [0.3, 0.4) is 0 Å². The van der Waals surface area contributed by atoms with Gasteiger partial charge >= 0.3 is 12.1 Å². The summed E-state index contributed by atoms with van der Waals surface area (Å²) >= 11 is 0. The number of hydrogen-bond donors (Lipinski definition) is 0. The number of rotatable bonds is 3. The second-order valence-corrected chi connectivity index (χ2v) is 6.10. The van der Waals surface area contributed by atoms with Gasteiger partial charge in [0.05, 0.1) is 18.2 Å². The van der Waals surface area contributed by atoms with E-state index in [0.29, 0.717) is 11.1 Å². The van der Waals surface area contributed by atoms with Crippen molar-refractivity contribution in [1.29, 1.82) is 0 Å². The Morgan fingerprint density at radius 3 is 2.63 bits per heavy atom. The fourth-order valence-electron chi connectivity index (χ4n) is 3.06. The average molecular weight is 370 g/mol. The number of carbonyl (C=O) groups is 1. The molecule has 0 fully saturated rings. The van der Waals surface area contributed by atoms with Gasteiger partial charge in [0, 0.05) is 10.9 Å². The van der Waals surface area contributed by atoms with Gasteiger partial charge in [0.15, 0.2) is 0 Å². The van der Waals surface area contributed by atoms with E-state index in [2.05, 4.69) is 0 Å². The first-order valence-electron chi connectivity index (χ1n) is 8.17. The van der Waals surface area contributed by atoms with E-state index in [1.807, 2.05) is 36.4 Å². The molecule has 27 heavy (non-hydrogen) atoms. The Balaban J connectivity index is 1.61. The van der Waals surface area contributed by atoms with E-state index in [1.54, 1.807) is 0 Å². The number of benzene rings is 3. The maximum atomic E-state index is 12.8. The van der Waals surface area contributed by atoms with E-state index in [4.69, 9.17) is 9.15 Å². The van der Waals surface area contributed by atoms with E-state index < -0.39 is 17.7 Å². The minimum absolute atomic E-state index is 0.114. The molecule has 0 aliphatic carbocycles. The largest absolute Gasteiger partial charge is 0.464 e. The van der Waals surface area contributed by atoms with Crippen LogP contribution in [0.5, 0.6) is 5.75 Å². The van der Waals surface area contributed by atoms with Gasteiger partial charge in [-0.15, -0.1) is 0 Å². The molecule has 0 saturated heterocycles. The standard InChI is InChI=1S/C21H13F3O3/c22-21(23,24)15-5-3-6-16(11-15)27-19(25)10-14-12-26-18-9-8-13-4-1-2-7-17(13)20(14)18/h1-9,11-12H,10H2. The fourth-order valence-corrected chi connectivity index (χ4v) is 3.06. The summed E-state index contributed by atoms with van der Waals surface area (Å²) in [5.41, 5.74) is 0.391. The number of hydrogen-bond acceptors (Lipinski definition) is 3. The average Bonchev–Trinajstić information content (AvgIpc) is 3.04. The molecule has 4 rings (SSSR count). The molecular weight excluding hydrogens is 357 g/mol. The monoisotopic (exact) mass is 370 g/mol. The minimum atomic E-state index is -4.50. The molecule has 1 aromatic heterocycles. The zero-order valence-electron chi connectivity index (χ0n) is 13.9. The summed E-state index contributed by atoms with van der Waals surface area (Å²) < 4.78 is 49.0. The molecule has 0 saturated carbocycles. The molecular formula is C21H13F3O3. The highest BCUT2D eigenvalue weighted by Gasteiger charge is 2.30. The Labute approximate surface area is 152 Å². The van der Waals surface area contributed by atoms with Gasteiger partial charge in [0.2, 0.25) is 0 Å². The van der Waals surface area contributed by atoms with Crippen molar-refractivity contribution >= 4 is 27.7 Å². The predicted molar refractivity (Wildman–Crippen MR) is 94.5 cm³/mol. The maximum Gasteiger partial charge on any atom is 0.416 e. The Morgan fingerprint density at radius 1 is 1.00 bits per heavy atom. The van der Waals surface area contributed by atoms with E-state index in [0.717, 1.165) is 28.3 Å². The van der Waals surface area contributed by atoms with Gasteiger partial charge in [-0.3, -0.25) is 4.79 Å². The van der Waals surface area contributed by atoms with Gasteiger partial charge in [-0.25, -0.2) is 0 Å². The molecule has 0 atom stereocenters. The highest BCUT2D eigenvalue weighted by molar-refractivity contribution is 6.08. The number of halogens is 3. The van der Waals surface area contributed by atoms with Crippen LogP contribution < -0.4 is 4.74 Å². The first-order chi connectivity index (χ1) is 12.9. The topological polar surface area (TPSA) is 39.4 Å². The molecule has 0 bridgehead atoms. The Morgan fingerprint density at radius 2 is 1.81 bits per heavy atom. The number of alkyl halides is 3. The van der Waals surface area contributed by atoms with Crippen molar-refractivity contribution in [3.8, 4) is 5.75 Å². The van der Waals surface area contributed by atoms with Crippen LogP contribution in [0, 0.1) is 0 Å². The molecule has 3 aromatic carbocycles. The lowest BCUT2D eigenvalue weighted by Gasteiger charge is -2.09. The van der Waals surface area contributed by atoms with Crippen LogP contribution in [0.4, 0.5) is 13.2 Å². The van der Waals surface area contributed by atoms with Crippen molar-refractivity contribution in [2.75, 3.05) is 0 Å². The van der Waals surface area contributed by atoms with Crippen LogP contribution in [-0.4, -0.2) is 5.97 Å². The Bertz CT molecular complexity index is 1140. The third-order valence-corrected chi connectivity index (χ3v) is 4.27. The molecule has 1 heterocycles. The van der Waals surface area contributed by atoms with Gasteiger partial charge in [0.25, 0.3) is 0 Å². The van der Waals surface area contributed by atoms with Crippen LogP contribution in [0.2, 0.25) is 0 Å². The van der Waals surface area contributed by atoms with Crippen molar-refractivity contribution in [2.24, 2.45) is 0 Å². The number of furan rings is 1. The summed E-state index contributed by atoms with van der Waals surface area (Å²) in [6.07, 6.45) is -3.14. The first-order valence-corrected chi connectivity index (χ1v) is 8.17. The van der Waals surface area contributed by atoms with Crippen LogP contribution in [0.15, 0.2) is 71.3 Å². The SMILES string of the molecule is O=C(Cc1coc2ccc3ccccc3c12)Oc1cccc(C(F)(F)F)c1.